The molecule has 6 nitrogen and oxygen atoms in total. The summed E-state index contributed by atoms with van der Waals surface area (Å²) in [5.74, 6) is 1.17. The van der Waals surface area contributed by atoms with Gasteiger partial charge < -0.3 is 19.7 Å². The molecule has 0 spiro atoms. The van der Waals surface area contributed by atoms with Gasteiger partial charge in [-0.05, 0) is 17.7 Å². The van der Waals surface area contributed by atoms with E-state index in [0.29, 0.717) is 30.3 Å². The van der Waals surface area contributed by atoms with Gasteiger partial charge in [-0.25, -0.2) is 4.79 Å². The Labute approximate surface area is 154 Å². The smallest absolute Gasteiger partial charge is 0.322 e. The van der Waals surface area contributed by atoms with Gasteiger partial charge in [0, 0.05) is 32.7 Å². The number of hydrogen-bond donors (Lipinski definition) is 1. The van der Waals surface area contributed by atoms with Gasteiger partial charge in [-0.15, -0.1) is 0 Å². The molecule has 0 aromatic heterocycles. The molecule has 2 amide bonds. The number of para-hydroxylation sites is 1. The van der Waals surface area contributed by atoms with Crippen LogP contribution in [0.1, 0.15) is 5.56 Å². The second-order valence-electron chi connectivity index (χ2n) is 6.22. The van der Waals surface area contributed by atoms with E-state index in [0.717, 1.165) is 19.6 Å². The Morgan fingerprint density at radius 3 is 2.12 bits per heavy atom. The van der Waals surface area contributed by atoms with Gasteiger partial charge in [-0.2, -0.15) is 0 Å². The molecule has 2 aromatic carbocycles. The van der Waals surface area contributed by atoms with Crippen molar-refractivity contribution in [2.24, 2.45) is 0 Å². The average molecular weight is 355 g/mol. The Balaban J connectivity index is 1.57. The van der Waals surface area contributed by atoms with E-state index < -0.39 is 0 Å². The van der Waals surface area contributed by atoms with Crippen molar-refractivity contribution in [2.45, 2.75) is 6.54 Å². The van der Waals surface area contributed by atoms with Crippen LogP contribution in [0.15, 0.2) is 48.5 Å². The normalized spacial score (nSPS) is 14.8. The molecule has 0 atom stereocenters. The number of carbonyl (C=O) groups is 1. The first kappa shape index (κ1) is 18.1. The summed E-state index contributed by atoms with van der Waals surface area (Å²) in [5.41, 5.74) is 1.86. The molecule has 1 saturated heterocycles. The molecule has 6 heteroatoms. The van der Waals surface area contributed by atoms with Gasteiger partial charge in [0.05, 0.1) is 14.2 Å². The lowest BCUT2D eigenvalue weighted by Gasteiger charge is -2.34. The van der Waals surface area contributed by atoms with Crippen molar-refractivity contribution in [3.63, 3.8) is 0 Å². The lowest BCUT2D eigenvalue weighted by molar-refractivity contribution is 0.143. The number of carbonyl (C=O) groups excluding carboxylic acids is 1. The van der Waals surface area contributed by atoms with Gasteiger partial charge in [-0.3, -0.25) is 4.90 Å². The summed E-state index contributed by atoms with van der Waals surface area (Å²) in [6.07, 6.45) is 0. The zero-order valence-corrected chi connectivity index (χ0v) is 15.3. The highest BCUT2D eigenvalue weighted by Gasteiger charge is 2.23. The van der Waals surface area contributed by atoms with Gasteiger partial charge >= 0.3 is 6.03 Å². The predicted molar refractivity (Wildman–Crippen MR) is 102 cm³/mol. The molecule has 1 fully saturated rings. The van der Waals surface area contributed by atoms with Crippen molar-refractivity contribution < 1.29 is 14.3 Å². The third-order valence-electron chi connectivity index (χ3n) is 4.57. The Morgan fingerprint density at radius 1 is 0.923 bits per heavy atom. The van der Waals surface area contributed by atoms with E-state index in [9.17, 15) is 4.79 Å². The monoisotopic (exact) mass is 355 g/mol. The summed E-state index contributed by atoms with van der Waals surface area (Å²) >= 11 is 0. The van der Waals surface area contributed by atoms with Crippen LogP contribution in [0.5, 0.6) is 11.5 Å². The van der Waals surface area contributed by atoms with Gasteiger partial charge in [0.2, 0.25) is 0 Å². The Bertz CT molecular complexity index is 706. The van der Waals surface area contributed by atoms with Gasteiger partial charge in [0.1, 0.15) is 17.2 Å². The predicted octanol–water partition coefficient (Wildman–Crippen LogP) is 3.05. The quantitative estimate of drug-likeness (QED) is 0.896. The van der Waals surface area contributed by atoms with Crippen LogP contribution >= 0.6 is 0 Å². The van der Waals surface area contributed by atoms with E-state index in [4.69, 9.17) is 9.47 Å². The number of benzene rings is 2. The fourth-order valence-electron chi connectivity index (χ4n) is 3.11. The molecule has 0 radical (unpaired) electrons. The zero-order valence-electron chi connectivity index (χ0n) is 15.3. The second-order valence-corrected chi connectivity index (χ2v) is 6.22. The first-order valence-corrected chi connectivity index (χ1v) is 8.74. The first-order chi connectivity index (χ1) is 12.7. The number of ether oxygens (including phenoxy) is 2. The molecule has 0 aliphatic carbocycles. The minimum atomic E-state index is -0.132. The minimum absolute atomic E-state index is 0.132. The van der Waals surface area contributed by atoms with Crippen LogP contribution < -0.4 is 14.8 Å². The van der Waals surface area contributed by atoms with E-state index in [1.807, 2.05) is 17.0 Å². The minimum Gasteiger partial charge on any atom is -0.494 e. The van der Waals surface area contributed by atoms with Crippen molar-refractivity contribution in [3.05, 3.63) is 54.1 Å². The van der Waals surface area contributed by atoms with E-state index in [-0.39, 0.29) is 6.03 Å². The Hall–Kier alpha value is -2.73. The number of hydrogen-bond acceptors (Lipinski definition) is 4. The number of nitrogens with one attached hydrogen (secondary N) is 1. The zero-order chi connectivity index (χ0) is 18.4. The van der Waals surface area contributed by atoms with E-state index >= 15 is 0 Å². The molecular formula is C20H25N3O3. The van der Waals surface area contributed by atoms with Gasteiger partial charge in [-0.1, -0.05) is 36.4 Å². The molecule has 0 bridgehead atoms. The summed E-state index contributed by atoms with van der Waals surface area (Å²) in [5, 5.41) is 2.93. The second kappa shape index (κ2) is 8.58. The highest BCUT2D eigenvalue weighted by molar-refractivity contribution is 5.93. The van der Waals surface area contributed by atoms with Gasteiger partial charge in [0.15, 0.2) is 0 Å². The Kier molecular flexibility index (Phi) is 5.96. The summed E-state index contributed by atoms with van der Waals surface area (Å²) in [7, 11) is 3.15. The van der Waals surface area contributed by atoms with E-state index in [1.165, 1.54) is 5.56 Å². The first-order valence-electron chi connectivity index (χ1n) is 8.74. The van der Waals surface area contributed by atoms with E-state index in [1.54, 1.807) is 26.4 Å². The largest absolute Gasteiger partial charge is 0.494 e. The molecule has 0 unspecified atom stereocenters. The van der Waals surface area contributed by atoms with Crippen molar-refractivity contribution in [3.8, 4) is 11.5 Å². The SMILES string of the molecule is COc1cccc(OC)c1NC(=O)N1CCN(Cc2ccccc2)CC1. The Morgan fingerprint density at radius 2 is 1.54 bits per heavy atom. The fourth-order valence-corrected chi connectivity index (χ4v) is 3.11. The van der Waals surface area contributed by atoms with Crippen LogP contribution in [0.4, 0.5) is 10.5 Å². The number of rotatable bonds is 5. The number of anilines is 1. The average Bonchev–Trinajstić information content (AvgIpc) is 2.69. The maximum absolute atomic E-state index is 12.7. The van der Waals surface area contributed by atoms with Crippen LogP contribution in [-0.2, 0) is 6.54 Å². The van der Waals surface area contributed by atoms with Crippen LogP contribution in [-0.4, -0.2) is 56.2 Å². The molecule has 1 aliphatic heterocycles. The molecule has 1 aliphatic rings. The van der Waals surface area contributed by atoms with E-state index in [2.05, 4.69) is 34.5 Å². The van der Waals surface area contributed by atoms with Crippen molar-refractivity contribution in [1.29, 1.82) is 0 Å². The fraction of sp³-hybridized carbons (Fsp3) is 0.350. The number of urea groups is 1. The summed E-state index contributed by atoms with van der Waals surface area (Å²) in [6, 6.07) is 15.7. The third kappa shape index (κ3) is 4.26. The number of amides is 2. The summed E-state index contributed by atoms with van der Waals surface area (Å²) < 4.78 is 10.7. The summed E-state index contributed by atoms with van der Waals surface area (Å²) in [4.78, 5) is 16.8. The lowest BCUT2D eigenvalue weighted by Crippen LogP contribution is -2.49. The number of nitrogens with zero attached hydrogens (tertiary/aromatic N) is 2. The van der Waals surface area contributed by atoms with Crippen LogP contribution in [0.3, 0.4) is 0 Å². The molecule has 0 saturated carbocycles. The van der Waals surface area contributed by atoms with Crippen molar-refractivity contribution in [2.75, 3.05) is 45.7 Å². The van der Waals surface area contributed by atoms with Crippen molar-refractivity contribution in [1.82, 2.24) is 9.80 Å². The highest BCUT2D eigenvalue weighted by atomic mass is 16.5. The molecule has 2 aromatic rings. The molecule has 138 valence electrons. The lowest BCUT2D eigenvalue weighted by atomic mass is 10.2. The van der Waals surface area contributed by atoms with Crippen molar-refractivity contribution >= 4 is 11.7 Å². The molecule has 1 heterocycles. The van der Waals surface area contributed by atoms with Crippen LogP contribution in [0, 0.1) is 0 Å². The molecule has 3 rings (SSSR count). The summed E-state index contributed by atoms with van der Waals surface area (Å²) in [6.45, 7) is 4.00. The highest BCUT2D eigenvalue weighted by Crippen LogP contribution is 2.34. The number of methoxy groups -OCH3 is 2. The topological polar surface area (TPSA) is 54.0 Å². The molecular weight excluding hydrogens is 330 g/mol. The molecule has 1 N–H and O–H groups in total. The van der Waals surface area contributed by atoms with Crippen LogP contribution in [0.2, 0.25) is 0 Å². The third-order valence-corrected chi connectivity index (χ3v) is 4.57. The maximum atomic E-state index is 12.7. The standard InChI is InChI=1S/C20H25N3O3/c1-25-17-9-6-10-18(26-2)19(17)21-20(24)23-13-11-22(12-14-23)15-16-7-4-3-5-8-16/h3-10H,11-15H2,1-2H3,(H,21,24). The van der Waals surface area contributed by atoms with Gasteiger partial charge in [0.25, 0.3) is 0 Å². The number of piperazine rings is 1. The van der Waals surface area contributed by atoms with Crippen LogP contribution in [0.25, 0.3) is 0 Å². The molecule has 26 heavy (non-hydrogen) atoms. The maximum Gasteiger partial charge on any atom is 0.322 e.